The van der Waals surface area contributed by atoms with Gasteiger partial charge in [0, 0.05) is 0 Å². The lowest BCUT2D eigenvalue weighted by Crippen LogP contribution is -2.10. The standard InChI is InChI=1S/C14H10ClN3O2/c15-12-3-1-2-4-13(12)18-8-11(7-16-18)17-14(19)10-5-6-20-9-10/h1-9H,(H,17,19). The third-order valence-corrected chi connectivity index (χ3v) is 3.04. The van der Waals surface area contributed by atoms with Gasteiger partial charge in [0.25, 0.3) is 5.91 Å². The minimum atomic E-state index is -0.252. The van der Waals surface area contributed by atoms with Crippen molar-refractivity contribution < 1.29 is 9.21 Å². The molecule has 2 aromatic heterocycles. The quantitative estimate of drug-likeness (QED) is 0.803. The predicted molar refractivity (Wildman–Crippen MR) is 75.2 cm³/mol. The molecule has 0 atom stereocenters. The molecule has 1 aromatic carbocycles. The molecule has 0 radical (unpaired) electrons. The SMILES string of the molecule is O=C(Nc1cnn(-c2ccccc2Cl)c1)c1ccoc1. The monoisotopic (exact) mass is 287 g/mol. The van der Waals surface area contributed by atoms with Crippen molar-refractivity contribution in [2.75, 3.05) is 5.32 Å². The van der Waals surface area contributed by atoms with E-state index in [2.05, 4.69) is 10.4 Å². The number of anilines is 1. The molecule has 0 aliphatic heterocycles. The second-order valence-corrected chi connectivity index (χ2v) is 4.50. The molecule has 100 valence electrons. The van der Waals surface area contributed by atoms with Crippen LogP contribution in [-0.4, -0.2) is 15.7 Å². The minimum absolute atomic E-state index is 0.252. The summed E-state index contributed by atoms with van der Waals surface area (Å²) >= 11 is 6.09. The summed E-state index contributed by atoms with van der Waals surface area (Å²) in [4.78, 5) is 11.9. The van der Waals surface area contributed by atoms with Crippen LogP contribution in [0.3, 0.4) is 0 Å². The fourth-order valence-corrected chi connectivity index (χ4v) is 1.98. The highest BCUT2D eigenvalue weighted by Crippen LogP contribution is 2.20. The second kappa shape index (κ2) is 5.22. The molecule has 0 spiro atoms. The van der Waals surface area contributed by atoms with Crippen LogP contribution < -0.4 is 5.32 Å². The highest BCUT2D eigenvalue weighted by molar-refractivity contribution is 6.32. The third-order valence-electron chi connectivity index (χ3n) is 2.72. The van der Waals surface area contributed by atoms with Crippen LogP contribution in [0.2, 0.25) is 5.02 Å². The Morgan fingerprint density at radius 1 is 1.30 bits per heavy atom. The van der Waals surface area contributed by atoms with E-state index in [9.17, 15) is 4.79 Å². The van der Waals surface area contributed by atoms with Gasteiger partial charge in [-0.15, -0.1) is 0 Å². The zero-order valence-electron chi connectivity index (χ0n) is 10.3. The molecule has 5 nitrogen and oxygen atoms in total. The van der Waals surface area contributed by atoms with Crippen molar-refractivity contribution in [2.24, 2.45) is 0 Å². The van der Waals surface area contributed by atoms with E-state index in [4.69, 9.17) is 16.0 Å². The lowest BCUT2D eigenvalue weighted by atomic mass is 10.3. The van der Waals surface area contributed by atoms with Gasteiger partial charge in [-0.2, -0.15) is 5.10 Å². The van der Waals surface area contributed by atoms with Crippen molar-refractivity contribution in [3.05, 3.63) is 65.8 Å². The van der Waals surface area contributed by atoms with Gasteiger partial charge in [0.2, 0.25) is 0 Å². The number of nitrogens with one attached hydrogen (secondary N) is 1. The molecule has 1 amide bonds. The molecular formula is C14H10ClN3O2. The van der Waals surface area contributed by atoms with E-state index in [1.807, 2.05) is 18.2 Å². The molecule has 2 heterocycles. The first-order chi connectivity index (χ1) is 9.74. The largest absolute Gasteiger partial charge is 0.472 e. The van der Waals surface area contributed by atoms with Crippen LogP contribution >= 0.6 is 11.6 Å². The number of hydrogen-bond acceptors (Lipinski definition) is 3. The van der Waals surface area contributed by atoms with E-state index in [-0.39, 0.29) is 5.91 Å². The van der Waals surface area contributed by atoms with Crippen molar-refractivity contribution in [3.8, 4) is 5.69 Å². The molecule has 0 bridgehead atoms. The Balaban J connectivity index is 1.81. The van der Waals surface area contributed by atoms with E-state index >= 15 is 0 Å². The van der Waals surface area contributed by atoms with Crippen molar-refractivity contribution in [2.45, 2.75) is 0 Å². The van der Waals surface area contributed by atoms with Crippen LogP contribution in [-0.2, 0) is 0 Å². The van der Waals surface area contributed by atoms with Crippen molar-refractivity contribution in [3.63, 3.8) is 0 Å². The van der Waals surface area contributed by atoms with E-state index < -0.39 is 0 Å². The van der Waals surface area contributed by atoms with Crippen molar-refractivity contribution >= 4 is 23.2 Å². The highest BCUT2D eigenvalue weighted by Gasteiger charge is 2.09. The first-order valence-electron chi connectivity index (χ1n) is 5.87. The Bertz CT molecular complexity index is 734. The molecule has 3 aromatic rings. The Labute approximate surface area is 119 Å². The zero-order valence-corrected chi connectivity index (χ0v) is 11.0. The Morgan fingerprint density at radius 2 is 2.15 bits per heavy atom. The number of benzene rings is 1. The smallest absolute Gasteiger partial charge is 0.259 e. The number of hydrogen-bond donors (Lipinski definition) is 1. The lowest BCUT2D eigenvalue weighted by molar-refractivity contribution is 0.102. The average molecular weight is 288 g/mol. The first kappa shape index (κ1) is 12.5. The second-order valence-electron chi connectivity index (χ2n) is 4.09. The fourth-order valence-electron chi connectivity index (χ4n) is 1.75. The number of rotatable bonds is 3. The third kappa shape index (κ3) is 2.44. The van der Waals surface area contributed by atoms with Crippen LogP contribution in [0.25, 0.3) is 5.69 Å². The molecular weight excluding hydrogens is 278 g/mol. The van der Waals surface area contributed by atoms with E-state index in [0.29, 0.717) is 16.3 Å². The molecule has 0 aliphatic carbocycles. The van der Waals surface area contributed by atoms with Gasteiger partial charge in [-0.1, -0.05) is 23.7 Å². The number of carbonyl (C=O) groups is 1. The van der Waals surface area contributed by atoms with E-state index in [1.165, 1.54) is 12.5 Å². The van der Waals surface area contributed by atoms with Crippen molar-refractivity contribution in [1.29, 1.82) is 0 Å². The van der Waals surface area contributed by atoms with Gasteiger partial charge in [0.15, 0.2) is 0 Å². The van der Waals surface area contributed by atoms with Crippen LogP contribution in [0.15, 0.2) is 59.7 Å². The average Bonchev–Trinajstić information content (AvgIpc) is 3.10. The summed E-state index contributed by atoms with van der Waals surface area (Å²) in [5.74, 6) is -0.252. The molecule has 3 rings (SSSR count). The summed E-state index contributed by atoms with van der Waals surface area (Å²) in [5, 5.41) is 7.49. The predicted octanol–water partition coefficient (Wildman–Crippen LogP) is 3.37. The number of nitrogens with zero attached hydrogens (tertiary/aromatic N) is 2. The van der Waals surface area contributed by atoms with Gasteiger partial charge in [-0.25, -0.2) is 4.68 Å². The van der Waals surface area contributed by atoms with Crippen molar-refractivity contribution in [1.82, 2.24) is 9.78 Å². The van der Waals surface area contributed by atoms with E-state index in [0.717, 1.165) is 5.69 Å². The number of para-hydroxylation sites is 1. The number of furan rings is 1. The Hall–Kier alpha value is -2.53. The molecule has 20 heavy (non-hydrogen) atoms. The number of aromatic nitrogens is 2. The van der Waals surface area contributed by atoms with E-state index in [1.54, 1.807) is 29.2 Å². The summed E-state index contributed by atoms with van der Waals surface area (Å²) < 4.78 is 6.47. The van der Waals surface area contributed by atoms with Gasteiger partial charge in [0.1, 0.15) is 6.26 Å². The van der Waals surface area contributed by atoms with Crippen LogP contribution in [0, 0.1) is 0 Å². The van der Waals surface area contributed by atoms with Crippen LogP contribution in [0.4, 0.5) is 5.69 Å². The molecule has 0 aliphatic rings. The number of halogens is 1. The van der Waals surface area contributed by atoms with Crippen LogP contribution in [0.5, 0.6) is 0 Å². The van der Waals surface area contributed by atoms with Crippen LogP contribution in [0.1, 0.15) is 10.4 Å². The number of amides is 1. The van der Waals surface area contributed by atoms with Gasteiger partial charge < -0.3 is 9.73 Å². The molecule has 1 N–H and O–H groups in total. The molecule has 0 unspecified atom stereocenters. The molecule has 0 fully saturated rings. The maximum absolute atomic E-state index is 11.9. The first-order valence-corrected chi connectivity index (χ1v) is 6.25. The Kier molecular flexibility index (Phi) is 3.26. The molecule has 0 saturated heterocycles. The summed E-state index contributed by atoms with van der Waals surface area (Å²) in [6, 6.07) is 8.93. The molecule has 6 heteroatoms. The lowest BCUT2D eigenvalue weighted by Gasteiger charge is -2.03. The summed E-state index contributed by atoms with van der Waals surface area (Å²) in [6.45, 7) is 0. The maximum atomic E-state index is 11.9. The summed E-state index contributed by atoms with van der Waals surface area (Å²) in [6.07, 6.45) is 6.08. The summed E-state index contributed by atoms with van der Waals surface area (Å²) in [7, 11) is 0. The fraction of sp³-hybridized carbons (Fsp3) is 0. The summed E-state index contributed by atoms with van der Waals surface area (Å²) in [5.41, 5.74) is 1.78. The maximum Gasteiger partial charge on any atom is 0.259 e. The molecule has 0 saturated carbocycles. The Morgan fingerprint density at radius 3 is 2.90 bits per heavy atom. The normalized spacial score (nSPS) is 10.4. The topological polar surface area (TPSA) is 60.1 Å². The van der Waals surface area contributed by atoms with Gasteiger partial charge in [-0.05, 0) is 18.2 Å². The minimum Gasteiger partial charge on any atom is -0.472 e. The van der Waals surface area contributed by atoms with Gasteiger partial charge in [0.05, 0.1) is 40.6 Å². The number of carbonyl (C=O) groups excluding carboxylic acids is 1. The zero-order chi connectivity index (χ0) is 13.9. The highest BCUT2D eigenvalue weighted by atomic mass is 35.5. The van der Waals surface area contributed by atoms with Gasteiger partial charge in [-0.3, -0.25) is 4.79 Å². The van der Waals surface area contributed by atoms with Gasteiger partial charge >= 0.3 is 0 Å².